The lowest BCUT2D eigenvalue weighted by Gasteiger charge is -2.31. The van der Waals surface area contributed by atoms with Gasteiger partial charge in [0.05, 0.1) is 12.2 Å². The van der Waals surface area contributed by atoms with Gasteiger partial charge in [-0.3, -0.25) is 4.79 Å². The Kier molecular flexibility index (Phi) is 7.05. The number of anilines is 1. The summed E-state index contributed by atoms with van der Waals surface area (Å²) in [6, 6.07) is 13.9. The van der Waals surface area contributed by atoms with Crippen molar-refractivity contribution >= 4 is 17.8 Å². The van der Waals surface area contributed by atoms with Crippen molar-refractivity contribution in [3.63, 3.8) is 0 Å². The fourth-order valence-corrected chi connectivity index (χ4v) is 3.37. The van der Waals surface area contributed by atoms with Crippen LogP contribution in [0.15, 0.2) is 48.7 Å². The van der Waals surface area contributed by atoms with Gasteiger partial charge in [-0.1, -0.05) is 30.3 Å². The SMILES string of the molecule is CCOC(=O)N1CCC(NC(=O)c2ccc(N(C)Cc3ccccc3)nc2)CC1. The molecule has 2 aromatic rings. The van der Waals surface area contributed by atoms with E-state index in [9.17, 15) is 9.59 Å². The van der Waals surface area contributed by atoms with Gasteiger partial charge in [0.25, 0.3) is 5.91 Å². The van der Waals surface area contributed by atoms with Crippen LogP contribution in [0, 0.1) is 0 Å². The van der Waals surface area contributed by atoms with Crippen molar-refractivity contribution in [1.29, 1.82) is 0 Å². The minimum absolute atomic E-state index is 0.0496. The van der Waals surface area contributed by atoms with Gasteiger partial charge >= 0.3 is 6.09 Å². The summed E-state index contributed by atoms with van der Waals surface area (Å²) in [5.74, 6) is 0.678. The van der Waals surface area contributed by atoms with Crippen LogP contribution in [0.3, 0.4) is 0 Å². The van der Waals surface area contributed by atoms with Gasteiger partial charge in [-0.2, -0.15) is 0 Å². The molecule has 0 saturated carbocycles. The molecular weight excluding hydrogens is 368 g/mol. The minimum Gasteiger partial charge on any atom is -0.450 e. The predicted molar refractivity (Wildman–Crippen MR) is 112 cm³/mol. The average Bonchev–Trinajstić information content (AvgIpc) is 2.75. The van der Waals surface area contributed by atoms with Crippen LogP contribution in [0.4, 0.5) is 10.6 Å². The second kappa shape index (κ2) is 9.91. The molecule has 1 aliphatic rings. The number of nitrogens with one attached hydrogen (secondary N) is 1. The van der Waals surface area contributed by atoms with Crippen LogP contribution < -0.4 is 10.2 Å². The van der Waals surface area contributed by atoms with Crippen molar-refractivity contribution in [1.82, 2.24) is 15.2 Å². The number of ether oxygens (including phenoxy) is 1. The topological polar surface area (TPSA) is 74.8 Å². The number of hydrogen-bond donors (Lipinski definition) is 1. The first kappa shape index (κ1) is 20.6. The number of hydrogen-bond acceptors (Lipinski definition) is 5. The summed E-state index contributed by atoms with van der Waals surface area (Å²) in [5.41, 5.74) is 1.74. The summed E-state index contributed by atoms with van der Waals surface area (Å²) < 4.78 is 5.02. The number of likely N-dealkylation sites (tertiary alicyclic amines) is 1. The Bertz CT molecular complexity index is 803. The minimum atomic E-state index is -0.281. The summed E-state index contributed by atoms with van der Waals surface area (Å²) in [6.07, 6.45) is 2.77. The normalized spacial score (nSPS) is 14.3. The van der Waals surface area contributed by atoms with Gasteiger partial charge in [0.15, 0.2) is 0 Å². The zero-order valence-electron chi connectivity index (χ0n) is 17.0. The molecule has 1 aromatic carbocycles. The number of benzene rings is 1. The molecule has 2 heterocycles. The summed E-state index contributed by atoms with van der Waals surface area (Å²) >= 11 is 0. The third-order valence-electron chi connectivity index (χ3n) is 5.02. The van der Waals surface area contributed by atoms with Gasteiger partial charge in [0, 0.05) is 38.9 Å². The van der Waals surface area contributed by atoms with Crippen LogP contribution in [-0.2, 0) is 11.3 Å². The lowest BCUT2D eigenvalue weighted by molar-refractivity contribution is 0.0860. The number of pyridine rings is 1. The molecule has 0 atom stereocenters. The predicted octanol–water partition coefficient (Wildman–Crippen LogP) is 3.07. The summed E-state index contributed by atoms with van der Waals surface area (Å²) in [7, 11) is 1.98. The van der Waals surface area contributed by atoms with Crippen molar-refractivity contribution in [3.05, 3.63) is 59.8 Å². The zero-order valence-corrected chi connectivity index (χ0v) is 17.0. The number of rotatable bonds is 6. The molecule has 29 heavy (non-hydrogen) atoms. The number of nitrogens with zero attached hydrogens (tertiary/aromatic N) is 3. The van der Waals surface area contributed by atoms with E-state index < -0.39 is 0 Å². The number of aromatic nitrogens is 1. The van der Waals surface area contributed by atoms with E-state index in [2.05, 4.69) is 22.4 Å². The Morgan fingerprint density at radius 1 is 1.17 bits per heavy atom. The average molecular weight is 396 g/mol. The van der Waals surface area contributed by atoms with E-state index in [1.54, 1.807) is 24.1 Å². The molecule has 2 amide bonds. The molecule has 0 bridgehead atoms. The Labute approximate surface area is 171 Å². The highest BCUT2D eigenvalue weighted by atomic mass is 16.6. The highest BCUT2D eigenvalue weighted by Crippen LogP contribution is 2.15. The van der Waals surface area contributed by atoms with Crippen LogP contribution in [-0.4, -0.2) is 54.7 Å². The van der Waals surface area contributed by atoms with Crippen LogP contribution in [0.5, 0.6) is 0 Å². The van der Waals surface area contributed by atoms with Gasteiger partial charge < -0.3 is 19.9 Å². The third-order valence-corrected chi connectivity index (χ3v) is 5.02. The quantitative estimate of drug-likeness (QED) is 0.812. The Hall–Kier alpha value is -3.09. The standard InChI is InChI=1S/C22H28N4O3/c1-3-29-22(28)26-13-11-19(12-14-26)24-21(27)18-9-10-20(23-15-18)25(2)16-17-7-5-4-6-8-17/h4-10,15,19H,3,11-14,16H2,1-2H3,(H,24,27). The van der Waals surface area contributed by atoms with Crippen LogP contribution >= 0.6 is 0 Å². The highest BCUT2D eigenvalue weighted by molar-refractivity contribution is 5.94. The maximum absolute atomic E-state index is 12.5. The Morgan fingerprint density at radius 2 is 1.90 bits per heavy atom. The molecule has 0 spiro atoms. The maximum Gasteiger partial charge on any atom is 0.409 e. The molecule has 7 heteroatoms. The zero-order chi connectivity index (χ0) is 20.6. The molecule has 1 N–H and O–H groups in total. The molecule has 1 saturated heterocycles. The monoisotopic (exact) mass is 396 g/mol. The summed E-state index contributed by atoms with van der Waals surface area (Å²) in [5, 5.41) is 3.04. The van der Waals surface area contributed by atoms with E-state index in [1.807, 2.05) is 36.2 Å². The van der Waals surface area contributed by atoms with Crippen LogP contribution in [0.1, 0.15) is 35.7 Å². The van der Waals surface area contributed by atoms with E-state index in [1.165, 1.54) is 5.56 Å². The second-order valence-corrected chi connectivity index (χ2v) is 7.18. The first-order valence-corrected chi connectivity index (χ1v) is 10.0. The number of carbonyl (C=O) groups is 2. The summed E-state index contributed by atoms with van der Waals surface area (Å²) in [4.78, 5) is 32.5. The Balaban J connectivity index is 1.50. The molecule has 154 valence electrons. The molecule has 3 rings (SSSR count). The van der Waals surface area contributed by atoms with Crippen molar-refractivity contribution in [2.45, 2.75) is 32.4 Å². The fourth-order valence-electron chi connectivity index (χ4n) is 3.37. The van der Waals surface area contributed by atoms with Gasteiger partial charge in [0.1, 0.15) is 5.82 Å². The van der Waals surface area contributed by atoms with Crippen molar-refractivity contribution in [3.8, 4) is 0 Å². The van der Waals surface area contributed by atoms with Gasteiger partial charge in [-0.25, -0.2) is 9.78 Å². The molecule has 0 radical (unpaired) electrons. The third kappa shape index (κ3) is 5.70. The lowest BCUT2D eigenvalue weighted by Crippen LogP contribution is -2.46. The van der Waals surface area contributed by atoms with Gasteiger partial charge in [0.2, 0.25) is 0 Å². The first-order chi connectivity index (χ1) is 14.1. The number of amides is 2. The number of piperidine rings is 1. The highest BCUT2D eigenvalue weighted by Gasteiger charge is 2.24. The van der Waals surface area contributed by atoms with Gasteiger partial charge in [-0.05, 0) is 37.5 Å². The number of carbonyl (C=O) groups excluding carboxylic acids is 2. The van der Waals surface area contributed by atoms with Crippen molar-refractivity contribution in [2.75, 3.05) is 31.6 Å². The molecule has 7 nitrogen and oxygen atoms in total. The maximum atomic E-state index is 12.5. The van der Waals surface area contributed by atoms with E-state index in [-0.39, 0.29) is 18.0 Å². The molecule has 1 fully saturated rings. The largest absolute Gasteiger partial charge is 0.450 e. The molecule has 1 aliphatic heterocycles. The summed E-state index contributed by atoms with van der Waals surface area (Å²) in [6.45, 7) is 4.09. The van der Waals surface area contributed by atoms with Crippen molar-refractivity contribution in [2.24, 2.45) is 0 Å². The van der Waals surface area contributed by atoms with Gasteiger partial charge in [-0.15, -0.1) is 0 Å². The van der Waals surface area contributed by atoms with E-state index in [0.717, 1.165) is 25.2 Å². The second-order valence-electron chi connectivity index (χ2n) is 7.18. The van der Waals surface area contributed by atoms with Crippen LogP contribution in [0.25, 0.3) is 0 Å². The fraction of sp³-hybridized carbons (Fsp3) is 0.409. The van der Waals surface area contributed by atoms with E-state index in [0.29, 0.717) is 25.3 Å². The molecule has 0 aliphatic carbocycles. The first-order valence-electron chi connectivity index (χ1n) is 10.0. The van der Waals surface area contributed by atoms with E-state index >= 15 is 0 Å². The Morgan fingerprint density at radius 3 is 2.52 bits per heavy atom. The van der Waals surface area contributed by atoms with Crippen LogP contribution in [0.2, 0.25) is 0 Å². The molecular formula is C22H28N4O3. The smallest absolute Gasteiger partial charge is 0.409 e. The molecule has 0 unspecified atom stereocenters. The lowest BCUT2D eigenvalue weighted by atomic mass is 10.0. The van der Waals surface area contributed by atoms with E-state index in [4.69, 9.17) is 4.74 Å². The molecule has 1 aromatic heterocycles. The van der Waals surface area contributed by atoms with Crippen molar-refractivity contribution < 1.29 is 14.3 Å².